The Balaban J connectivity index is 2.11. The molecule has 0 bridgehead atoms. The number of aliphatic hydroxyl groups excluding tert-OH is 1. The maximum absolute atomic E-state index is 13.9. The van der Waals surface area contributed by atoms with E-state index in [1.54, 1.807) is 0 Å². The van der Waals surface area contributed by atoms with E-state index in [0.717, 1.165) is 24.5 Å². The summed E-state index contributed by atoms with van der Waals surface area (Å²) in [6, 6.07) is 2.85. The Labute approximate surface area is 123 Å². The van der Waals surface area contributed by atoms with Crippen LogP contribution >= 0.6 is 0 Å². The molecule has 0 saturated carbocycles. The summed E-state index contributed by atoms with van der Waals surface area (Å²) in [7, 11) is -3.05. The second-order valence-corrected chi connectivity index (χ2v) is 7.81. The lowest BCUT2D eigenvalue weighted by Crippen LogP contribution is -2.27. The standard InChI is InChI=1S/C14H19F2NO3S/c1-21(19,20)6-2-5-17-9-11(18)8-14(17)12-7-10(15)3-4-13(12)16/h3-4,7,11,14,18H,2,5-6,8-9H2,1H3/t11-,14+/m0/s1. The first-order valence-corrected chi connectivity index (χ1v) is 8.87. The summed E-state index contributed by atoms with van der Waals surface area (Å²) in [6.07, 6.45) is 1.27. The molecule has 1 aromatic rings. The number of halogens is 2. The molecule has 1 saturated heterocycles. The number of aliphatic hydroxyl groups is 1. The molecular weight excluding hydrogens is 300 g/mol. The fourth-order valence-electron chi connectivity index (χ4n) is 2.75. The van der Waals surface area contributed by atoms with E-state index in [1.165, 1.54) is 0 Å². The molecule has 1 N–H and O–H groups in total. The fraction of sp³-hybridized carbons (Fsp3) is 0.571. The lowest BCUT2D eigenvalue weighted by atomic mass is 10.0. The van der Waals surface area contributed by atoms with Gasteiger partial charge in [-0.25, -0.2) is 17.2 Å². The van der Waals surface area contributed by atoms with Crippen molar-refractivity contribution in [2.24, 2.45) is 0 Å². The molecule has 2 atom stereocenters. The van der Waals surface area contributed by atoms with Crippen molar-refractivity contribution >= 4 is 9.84 Å². The third kappa shape index (κ3) is 4.46. The van der Waals surface area contributed by atoms with Crippen molar-refractivity contribution in [3.05, 3.63) is 35.4 Å². The largest absolute Gasteiger partial charge is 0.392 e. The van der Waals surface area contributed by atoms with Crippen LogP contribution in [-0.2, 0) is 9.84 Å². The SMILES string of the molecule is CS(=O)(=O)CCCN1C[C@@H](O)C[C@@H]1c1cc(F)ccc1F. The van der Waals surface area contributed by atoms with Crippen LogP contribution in [-0.4, -0.2) is 49.6 Å². The van der Waals surface area contributed by atoms with Crippen molar-refractivity contribution in [1.82, 2.24) is 4.90 Å². The maximum Gasteiger partial charge on any atom is 0.147 e. The minimum absolute atomic E-state index is 0.0396. The van der Waals surface area contributed by atoms with E-state index in [4.69, 9.17) is 0 Å². The third-order valence-electron chi connectivity index (χ3n) is 3.66. The average Bonchev–Trinajstić information content (AvgIpc) is 2.72. The molecule has 4 nitrogen and oxygen atoms in total. The quantitative estimate of drug-likeness (QED) is 0.894. The highest BCUT2D eigenvalue weighted by atomic mass is 32.2. The van der Waals surface area contributed by atoms with Crippen LogP contribution in [0.2, 0.25) is 0 Å². The molecule has 0 aliphatic carbocycles. The summed E-state index contributed by atoms with van der Waals surface area (Å²) in [4.78, 5) is 1.81. The highest BCUT2D eigenvalue weighted by molar-refractivity contribution is 7.90. The van der Waals surface area contributed by atoms with Gasteiger partial charge in [0, 0.05) is 24.4 Å². The molecule has 21 heavy (non-hydrogen) atoms. The molecule has 7 heteroatoms. The number of hydrogen-bond donors (Lipinski definition) is 1. The Morgan fingerprint density at radius 2 is 2.10 bits per heavy atom. The highest BCUT2D eigenvalue weighted by Crippen LogP contribution is 2.34. The molecule has 1 heterocycles. The molecule has 0 spiro atoms. The van der Waals surface area contributed by atoms with Gasteiger partial charge in [0.1, 0.15) is 21.5 Å². The molecule has 118 valence electrons. The zero-order chi connectivity index (χ0) is 15.6. The van der Waals surface area contributed by atoms with Gasteiger partial charge < -0.3 is 5.11 Å². The first-order valence-electron chi connectivity index (χ1n) is 6.81. The number of nitrogens with zero attached hydrogens (tertiary/aromatic N) is 1. The van der Waals surface area contributed by atoms with Gasteiger partial charge in [-0.2, -0.15) is 0 Å². The number of benzene rings is 1. The molecule has 1 aliphatic rings. The predicted octanol–water partition coefficient (Wildman–Crippen LogP) is 1.51. The lowest BCUT2D eigenvalue weighted by molar-refractivity contribution is 0.175. The van der Waals surface area contributed by atoms with Gasteiger partial charge in [-0.3, -0.25) is 4.90 Å². The van der Waals surface area contributed by atoms with E-state index < -0.39 is 33.6 Å². The van der Waals surface area contributed by atoms with Gasteiger partial charge in [-0.05, 0) is 37.6 Å². The molecule has 1 aromatic carbocycles. The van der Waals surface area contributed by atoms with Gasteiger partial charge in [0.05, 0.1) is 11.9 Å². The fourth-order valence-corrected chi connectivity index (χ4v) is 3.40. The van der Waals surface area contributed by atoms with Crippen LogP contribution in [0.4, 0.5) is 8.78 Å². The molecule has 1 fully saturated rings. The molecule has 0 aromatic heterocycles. The summed E-state index contributed by atoms with van der Waals surface area (Å²) in [5, 5.41) is 9.77. The van der Waals surface area contributed by atoms with Crippen molar-refractivity contribution < 1.29 is 22.3 Å². The van der Waals surface area contributed by atoms with E-state index in [9.17, 15) is 22.3 Å². The van der Waals surface area contributed by atoms with Crippen LogP contribution in [0.1, 0.15) is 24.4 Å². The van der Waals surface area contributed by atoms with Crippen LogP contribution in [0, 0.1) is 11.6 Å². The number of β-amino-alcohol motifs (C(OH)–C–C–N with tert-alkyl or cyclic N) is 1. The van der Waals surface area contributed by atoms with Crippen LogP contribution < -0.4 is 0 Å². The monoisotopic (exact) mass is 319 g/mol. The minimum atomic E-state index is -3.05. The van der Waals surface area contributed by atoms with Gasteiger partial charge in [-0.1, -0.05) is 0 Å². The number of sulfone groups is 1. The summed E-state index contributed by atoms with van der Waals surface area (Å²) in [6.45, 7) is 0.759. The van der Waals surface area contributed by atoms with Crippen molar-refractivity contribution in [2.45, 2.75) is 25.0 Å². The smallest absolute Gasteiger partial charge is 0.147 e. The van der Waals surface area contributed by atoms with E-state index in [-0.39, 0.29) is 11.3 Å². The number of likely N-dealkylation sites (tertiary alicyclic amines) is 1. The van der Waals surface area contributed by atoms with E-state index in [0.29, 0.717) is 25.9 Å². The summed E-state index contributed by atoms with van der Waals surface area (Å²) < 4.78 is 49.5. The second-order valence-electron chi connectivity index (χ2n) is 5.55. The Hall–Kier alpha value is -1.05. The van der Waals surface area contributed by atoms with Crippen LogP contribution in [0.5, 0.6) is 0 Å². The lowest BCUT2D eigenvalue weighted by Gasteiger charge is -2.24. The molecular formula is C14H19F2NO3S. The zero-order valence-corrected chi connectivity index (χ0v) is 12.6. The summed E-state index contributed by atoms with van der Waals surface area (Å²) in [5.74, 6) is -0.995. The molecule has 0 unspecified atom stereocenters. The Morgan fingerprint density at radius 3 is 2.76 bits per heavy atom. The van der Waals surface area contributed by atoms with E-state index in [2.05, 4.69) is 0 Å². The average molecular weight is 319 g/mol. The maximum atomic E-state index is 13.9. The minimum Gasteiger partial charge on any atom is -0.392 e. The Kier molecular flexibility index (Phi) is 4.95. The number of hydrogen-bond acceptors (Lipinski definition) is 4. The first-order chi connectivity index (χ1) is 9.76. The predicted molar refractivity (Wildman–Crippen MR) is 75.6 cm³/mol. The summed E-state index contributed by atoms with van der Waals surface area (Å²) >= 11 is 0. The normalized spacial score (nSPS) is 23.6. The molecule has 2 rings (SSSR count). The third-order valence-corrected chi connectivity index (χ3v) is 4.69. The topological polar surface area (TPSA) is 57.6 Å². The second kappa shape index (κ2) is 6.37. The van der Waals surface area contributed by atoms with Gasteiger partial charge in [0.15, 0.2) is 0 Å². The Bertz CT molecular complexity index is 606. The van der Waals surface area contributed by atoms with Crippen LogP contribution in [0.3, 0.4) is 0 Å². The van der Waals surface area contributed by atoms with Crippen molar-refractivity contribution in [2.75, 3.05) is 25.1 Å². The van der Waals surface area contributed by atoms with Gasteiger partial charge in [-0.15, -0.1) is 0 Å². The van der Waals surface area contributed by atoms with Gasteiger partial charge in [0.2, 0.25) is 0 Å². The first kappa shape index (κ1) is 16.3. The molecule has 0 amide bonds. The van der Waals surface area contributed by atoms with Gasteiger partial charge >= 0.3 is 0 Å². The Morgan fingerprint density at radius 1 is 1.38 bits per heavy atom. The van der Waals surface area contributed by atoms with Crippen molar-refractivity contribution in [3.8, 4) is 0 Å². The van der Waals surface area contributed by atoms with Crippen molar-refractivity contribution in [1.29, 1.82) is 0 Å². The molecule has 1 aliphatic heterocycles. The van der Waals surface area contributed by atoms with Crippen LogP contribution in [0.15, 0.2) is 18.2 Å². The summed E-state index contributed by atoms with van der Waals surface area (Å²) in [5.41, 5.74) is 0.214. The highest BCUT2D eigenvalue weighted by Gasteiger charge is 2.33. The zero-order valence-electron chi connectivity index (χ0n) is 11.8. The molecule has 0 radical (unpaired) electrons. The van der Waals surface area contributed by atoms with E-state index in [1.807, 2.05) is 4.90 Å². The number of rotatable bonds is 5. The van der Waals surface area contributed by atoms with Gasteiger partial charge in [0.25, 0.3) is 0 Å². The van der Waals surface area contributed by atoms with Crippen molar-refractivity contribution in [3.63, 3.8) is 0 Å². The van der Waals surface area contributed by atoms with E-state index >= 15 is 0 Å². The van der Waals surface area contributed by atoms with Crippen LogP contribution in [0.25, 0.3) is 0 Å².